The highest BCUT2D eigenvalue weighted by molar-refractivity contribution is 5.97. The van der Waals surface area contributed by atoms with Crippen LogP contribution in [-0.2, 0) is 0 Å². The van der Waals surface area contributed by atoms with Crippen LogP contribution in [0.1, 0.15) is 18.2 Å². The summed E-state index contributed by atoms with van der Waals surface area (Å²) in [5, 5.41) is 7.37. The molecule has 0 radical (unpaired) electrons. The van der Waals surface area contributed by atoms with Gasteiger partial charge >= 0.3 is 0 Å². The Morgan fingerprint density at radius 3 is 2.64 bits per heavy atom. The van der Waals surface area contributed by atoms with Gasteiger partial charge in [0, 0.05) is 17.0 Å². The van der Waals surface area contributed by atoms with Gasteiger partial charge in [-0.1, -0.05) is 0 Å². The summed E-state index contributed by atoms with van der Waals surface area (Å²) >= 11 is 0. The number of anilines is 1. The maximum absolute atomic E-state index is 7.37. The van der Waals surface area contributed by atoms with E-state index < -0.39 is 0 Å². The van der Waals surface area contributed by atoms with Crippen molar-refractivity contribution in [1.82, 2.24) is 4.98 Å². The van der Waals surface area contributed by atoms with Crippen LogP contribution in [0.25, 0.3) is 0 Å². The molecule has 0 amide bonds. The van der Waals surface area contributed by atoms with Crippen LogP contribution in [0.4, 0.5) is 5.82 Å². The molecule has 0 aliphatic heterocycles. The van der Waals surface area contributed by atoms with Crippen LogP contribution in [-0.4, -0.2) is 10.7 Å². The van der Waals surface area contributed by atoms with E-state index in [4.69, 9.17) is 11.1 Å². The van der Waals surface area contributed by atoms with E-state index >= 15 is 0 Å². The number of hydrogen-bond donors (Lipinski definition) is 2. The fourth-order valence-corrected chi connectivity index (χ4v) is 0.977. The zero-order chi connectivity index (χ0) is 8.43. The molecule has 0 saturated heterocycles. The Bertz CT molecular complexity index is 291. The third kappa shape index (κ3) is 1.55. The Labute approximate surface area is 65.8 Å². The number of hydrogen-bond acceptors (Lipinski definition) is 3. The van der Waals surface area contributed by atoms with Gasteiger partial charge in [0.2, 0.25) is 0 Å². The highest BCUT2D eigenvalue weighted by atomic mass is 14.8. The number of aromatic nitrogens is 1. The zero-order valence-electron chi connectivity index (χ0n) is 6.68. The Balaban J connectivity index is 3.20. The van der Waals surface area contributed by atoms with E-state index in [1.54, 1.807) is 13.0 Å². The van der Waals surface area contributed by atoms with Crippen LogP contribution >= 0.6 is 0 Å². The van der Waals surface area contributed by atoms with Crippen molar-refractivity contribution in [3.63, 3.8) is 0 Å². The van der Waals surface area contributed by atoms with Crippen molar-refractivity contribution in [1.29, 1.82) is 5.41 Å². The molecule has 3 heteroatoms. The van der Waals surface area contributed by atoms with E-state index in [1.807, 2.05) is 13.0 Å². The van der Waals surface area contributed by atoms with Crippen LogP contribution < -0.4 is 5.73 Å². The maximum atomic E-state index is 7.37. The van der Waals surface area contributed by atoms with Gasteiger partial charge in [0.1, 0.15) is 5.82 Å². The summed E-state index contributed by atoms with van der Waals surface area (Å²) in [6.07, 6.45) is 0. The second-order valence-electron chi connectivity index (χ2n) is 2.49. The first-order chi connectivity index (χ1) is 5.11. The van der Waals surface area contributed by atoms with E-state index in [0.29, 0.717) is 11.5 Å². The van der Waals surface area contributed by atoms with Gasteiger partial charge in [-0.25, -0.2) is 4.98 Å². The van der Waals surface area contributed by atoms with Crippen LogP contribution in [0, 0.1) is 12.3 Å². The number of pyridine rings is 1. The summed E-state index contributed by atoms with van der Waals surface area (Å²) in [5.74, 6) is 0.507. The third-order valence-corrected chi connectivity index (χ3v) is 1.51. The summed E-state index contributed by atoms with van der Waals surface area (Å²) in [6.45, 7) is 3.59. The average molecular weight is 149 g/mol. The predicted molar refractivity (Wildman–Crippen MR) is 45.9 cm³/mol. The normalized spacial score (nSPS) is 9.64. The van der Waals surface area contributed by atoms with Crippen LogP contribution in [0.2, 0.25) is 0 Å². The van der Waals surface area contributed by atoms with Gasteiger partial charge in [0.25, 0.3) is 0 Å². The molecule has 0 saturated carbocycles. The Kier molecular flexibility index (Phi) is 1.89. The van der Waals surface area contributed by atoms with E-state index in [1.165, 1.54) is 0 Å². The topological polar surface area (TPSA) is 62.8 Å². The second kappa shape index (κ2) is 2.70. The molecular formula is C8H11N3. The fourth-order valence-electron chi connectivity index (χ4n) is 0.977. The molecule has 0 atom stereocenters. The number of rotatable bonds is 1. The van der Waals surface area contributed by atoms with Crippen LogP contribution in [0.15, 0.2) is 12.1 Å². The standard InChI is InChI=1S/C8H11N3/c1-5(9)7-3-4-8(10)11-6(7)2/h3-4,9H,1-2H3,(H2,10,11). The van der Waals surface area contributed by atoms with E-state index in [-0.39, 0.29) is 0 Å². The predicted octanol–water partition coefficient (Wildman–Crippen LogP) is 1.36. The van der Waals surface area contributed by atoms with Crippen molar-refractivity contribution < 1.29 is 0 Å². The highest BCUT2D eigenvalue weighted by Gasteiger charge is 2.00. The number of nitrogens with one attached hydrogen (secondary N) is 1. The molecule has 1 rings (SSSR count). The van der Waals surface area contributed by atoms with Gasteiger partial charge in [0.05, 0.1) is 0 Å². The Morgan fingerprint density at radius 2 is 2.18 bits per heavy atom. The quantitative estimate of drug-likeness (QED) is 0.592. The van der Waals surface area contributed by atoms with Crippen molar-refractivity contribution in [2.24, 2.45) is 0 Å². The van der Waals surface area contributed by atoms with E-state index in [9.17, 15) is 0 Å². The minimum Gasteiger partial charge on any atom is -0.384 e. The zero-order valence-corrected chi connectivity index (χ0v) is 6.68. The molecule has 1 heterocycles. The maximum Gasteiger partial charge on any atom is 0.123 e. The van der Waals surface area contributed by atoms with Crippen molar-refractivity contribution in [2.45, 2.75) is 13.8 Å². The molecule has 11 heavy (non-hydrogen) atoms. The molecule has 0 fully saturated rings. The minimum atomic E-state index is 0.507. The number of aryl methyl sites for hydroxylation is 1. The lowest BCUT2D eigenvalue weighted by atomic mass is 10.1. The van der Waals surface area contributed by atoms with Crippen molar-refractivity contribution in [3.8, 4) is 0 Å². The average Bonchev–Trinajstić information content (AvgIpc) is 1.85. The molecule has 0 aromatic carbocycles. The Morgan fingerprint density at radius 1 is 1.55 bits per heavy atom. The number of nitrogens with two attached hydrogens (primary N) is 1. The monoisotopic (exact) mass is 149 g/mol. The molecule has 0 spiro atoms. The van der Waals surface area contributed by atoms with E-state index in [0.717, 1.165) is 11.3 Å². The smallest absolute Gasteiger partial charge is 0.123 e. The van der Waals surface area contributed by atoms with Crippen molar-refractivity contribution >= 4 is 11.5 Å². The molecule has 0 aliphatic carbocycles. The molecule has 58 valence electrons. The molecule has 3 nitrogen and oxygen atoms in total. The lowest BCUT2D eigenvalue weighted by molar-refractivity contribution is 1.19. The molecule has 0 aliphatic rings. The third-order valence-electron chi connectivity index (χ3n) is 1.51. The summed E-state index contributed by atoms with van der Waals surface area (Å²) < 4.78 is 0. The summed E-state index contributed by atoms with van der Waals surface area (Å²) in [7, 11) is 0. The van der Waals surface area contributed by atoms with Crippen molar-refractivity contribution in [2.75, 3.05) is 5.73 Å². The SMILES string of the molecule is CC(=N)c1ccc(N)nc1C. The van der Waals surface area contributed by atoms with E-state index in [2.05, 4.69) is 4.98 Å². The summed E-state index contributed by atoms with van der Waals surface area (Å²) in [6, 6.07) is 3.53. The first-order valence-corrected chi connectivity index (χ1v) is 3.40. The van der Waals surface area contributed by atoms with Gasteiger partial charge in [-0.3, -0.25) is 0 Å². The van der Waals surface area contributed by atoms with Gasteiger partial charge in [0.15, 0.2) is 0 Å². The molecule has 3 N–H and O–H groups in total. The fraction of sp³-hybridized carbons (Fsp3) is 0.250. The summed E-state index contributed by atoms with van der Waals surface area (Å²) in [4.78, 5) is 4.03. The minimum absolute atomic E-state index is 0.507. The van der Waals surface area contributed by atoms with Crippen LogP contribution in [0.3, 0.4) is 0 Å². The van der Waals surface area contributed by atoms with Crippen LogP contribution in [0.5, 0.6) is 0 Å². The first kappa shape index (κ1) is 7.72. The number of nitrogens with zero attached hydrogens (tertiary/aromatic N) is 1. The Hall–Kier alpha value is -1.38. The highest BCUT2D eigenvalue weighted by Crippen LogP contribution is 2.07. The molecule has 1 aromatic heterocycles. The lowest BCUT2D eigenvalue weighted by Gasteiger charge is -2.02. The van der Waals surface area contributed by atoms with Crippen molar-refractivity contribution in [3.05, 3.63) is 23.4 Å². The van der Waals surface area contributed by atoms with Gasteiger partial charge in [-0.15, -0.1) is 0 Å². The first-order valence-electron chi connectivity index (χ1n) is 3.40. The molecule has 0 unspecified atom stereocenters. The largest absolute Gasteiger partial charge is 0.384 e. The molecule has 0 bridgehead atoms. The number of nitrogen functional groups attached to an aromatic ring is 1. The molecular weight excluding hydrogens is 138 g/mol. The second-order valence-corrected chi connectivity index (χ2v) is 2.49. The van der Waals surface area contributed by atoms with Gasteiger partial charge in [-0.2, -0.15) is 0 Å². The molecule has 1 aromatic rings. The van der Waals surface area contributed by atoms with Gasteiger partial charge < -0.3 is 11.1 Å². The van der Waals surface area contributed by atoms with Gasteiger partial charge in [-0.05, 0) is 26.0 Å². The summed E-state index contributed by atoms with van der Waals surface area (Å²) in [5.41, 5.74) is 7.65. The lowest BCUT2D eigenvalue weighted by Crippen LogP contribution is -2.00.